The Kier molecular flexibility index (Phi) is 7.64. The van der Waals surface area contributed by atoms with Crippen molar-refractivity contribution in [1.29, 1.82) is 0 Å². The monoisotopic (exact) mass is 104 g/mol. The molecule has 0 radical (unpaired) electrons. The molecule has 1 nitrogen and oxygen atoms in total. The van der Waals surface area contributed by atoms with Gasteiger partial charge in [0.15, 0.2) is 0 Å². The van der Waals surface area contributed by atoms with Crippen molar-refractivity contribution in [2.24, 2.45) is 0 Å². The Hall–Kier alpha value is -0.0831. The Bertz CT molecular complexity index is 34.5. The van der Waals surface area contributed by atoms with Crippen molar-refractivity contribution < 1.29 is 5.48 Å². The molecule has 0 aliphatic carbocycles. The van der Waals surface area contributed by atoms with Crippen LogP contribution in [0.4, 0.5) is 0 Å². The summed E-state index contributed by atoms with van der Waals surface area (Å²) in [5.74, 6) is 0. The maximum absolute atomic E-state index is 3.62. The first-order valence-electron chi connectivity index (χ1n) is 1.90. The predicted molar refractivity (Wildman–Crippen MR) is 32.7 cm³/mol. The summed E-state index contributed by atoms with van der Waals surface area (Å²) in [7, 11) is -0.386. The van der Waals surface area contributed by atoms with Gasteiger partial charge in [0, 0.05) is 0 Å². The topological polar surface area (TPSA) is 31.5 Å². The molecule has 0 aromatic carbocycles. The Labute approximate surface area is 40.6 Å². The third-order valence-electron chi connectivity index (χ3n) is 0.471. The van der Waals surface area contributed by atoms with E-state index in [1.165, 1.54) is 0 Å². The van der Waals surface area contributed by atoms with E-state index < -0.39 is 0 Å². The minimum Gasteiger partial charge on any atom is -0.412 e. The van der Waals surface area contributed by atoms with E-state index in [-0.39, 0.29) is 14.3 Å². The normalized spacial score (nSPS) is 7.17. The summed E-state index contributed by atoms with van der Waals surface area (Å²) in [6.45, 7) is 8.11. The van der Waals surface area contributed by atoms with Gasteiger partial charge in [-0.05, 0) is 0 Å². The van der Waals surface area contributed by atoms with Gasteiger partial charge in [-0.25, -0.2) is 0 Å². The van der Waals surface area contributed by atoms with Crippen LogP contribution in [-0.4, -0.2) is 14.3 Å². The van der Waals surface area contributed by atoms with Crippen molar-refractivity contribution in [3.63, 3.8) is 0 Å². The lowest BCUT2D eigenvalue weighted by molar-refractivity contribution is 0.824. The van der Waals surface area contributed by atoms with Crippen LogP contribution >= 0.6 is 0 Å². The third-order valence-corrected chi connectivity index (χ3v) is 1.41. The van der Waals surface area contributed by atoms with Crippen LogP contribution in [0.1, 0.15) is 0 Å². The molecule has 0 aromatic heterocycles. The quantitative estimate of drug-likeness (QED) is 0.431. The Balaban J connectivity index is 0. The molecule has 0 aliphatic rings. The summed E-state index contributed by atoms with van der Waals surface area (Å²) in [5.41, 5.74) is 2.06. The average molecular weight is 104 g/mol. The Morgan fingerprint density at radius 2 is 1.67 bits per heavy atom. The highest BCUT2D eigenvalue weighted by atomic mass is 28.3. The molecule has 0 heterocycles. The summed E-state index contributed by atoms with van der Waals surface area (Å²) in [4.78, 5) is 0. The molecule has 0 unspecified atom stereocenters. The van der Waals surface area contributed by atoms with Gasteiger partial charge in [0.1, 0.15) is 0 Å². The molecule has 0 amide bonds. The molecule has 0 atom stereocenters. The van der Waals surface area contributed by atoms with Crippen molar-refractivity contribution in [3.05, 3.63) is 12.3 Å². The maximum atomic E-state index is 3.62. The number of hydrogen-bond acceptors (Lipinski definition) is 0. The van der Waals surface area contributed by atoms with E-state index in [9.17, 15) is 0 Å². The van der Waals surface area contributed by atoms with Crippen molar-refractivity contribution >= 4 is 8.80 Å². The van der Waals surface area contributed by atoms with E-state index in [0.29, 0.717) is 0 Å². The van der Waals surface area contributed by atoms with Gasteiger partial charge in [-0.3, -0.25) is 0 Å². The molecule has 0 spiro atoms. The molecule has 2 N–H and O–H groups in total. The zero-order chi connectivity index (χ0) is 4.28. The van der Waals surface area contributed by atoms with E-state index >= 15 is 0 Å². The molecule has 6 heavy (non-hydrogen) atoms. The molecule has 0 fully saturated rings. The molecule has 0 aromatic rings. The minimum atomic E-state index is -0.386. The van der Waals surface area contributed by atoms with Gasteiger partial charge in [-0.2, -0.15) is 0 Å². The predicted octanol–water partition coefficient (Wildman–Crippen LogP) is 0.374. The van der Waals surface area contributed by atoms with E-state index in [1.807, 2.05) is 0 Å². The molecular weight excluding hydrogens is 92.1 g/mol. The average Bonchev–Trinajstić information content (AvgIpc) is 1.38. The molecule has 2 heteroatoms. The molecule has 38 valence electrons. The number of rotatable bonds is 1. The summed E-state index contributed by atoms with van der Waals surface area (Å²) in [6.07, 6.45) is 0. The maximum Gasteiger partial charge on any atom is 0.0546 e. The first-order chi connectivity index (χ1) is 2.27. The van der Waals surface area contributed by atoms with Gasteiger partial charge in [-0.15, -0.1) is 12.3 Å². The molecule has 0 rings (SSSR count). The third kappa shape index (κ3) is 9.07. The molecule has 0 bridgehead atoms. The lowest BCUT2D eigenvalue weighted by atomic mass is 11.3. The minimum absolute atomic E-state index is 0. The number of hydrogen-bond donors (Lipinski definition) is 0. The summed E-state index contributed by atoms with van der Waals surface area (Å²) < 4.78 is 0. The Morgan fingerprint density at radius 3 is 1.67 bits per heavy atom. The van der Waals surface area contributed by atoms with Gasteiger partial charge in [0.2, 0.25) is 0 Å². The van der Waals surface area contributed by atoms with Crippen LogP contribution in [0.15, 0.2) is 12.3 Å². The standard InChI is InChI=1S/C4H10Si.H2O/c1-4-5(2)3;/h4-5H,1H2,2-3H3;1H2. The lowest BCUT2D eigenvalue weighted by Crippen LogP contribution is -1.89. The van der Waals surface area contributed by atoms with Crippen molar-refractivity contribution in [2.45, 2.75) is 13.1 Å². The van der Waals surface area contributed by atoms with Crippen molar-refractivity contribution in [2.75, 3.05) is 0 Å². The van der Waals surface area contributed by atoms with Gasteiger partial charge >= 0.3 is 0 Å². The van der Waals surface area contributed by atoms with Gasteiger partial charge in [0.25, 0.3) is 0 Å². The van der Waals surface area contributed by atoms with Crippen LogP contribution in [0, 0.1) is 0 Å². The van der Waals surface area contributed by atoms with Gasteiger partial charge < -0.3 is 5.48 Å². The smallest absolute Gasteiger partial charge is 0.0546 e. The first kappa shape index (κ1) is 9.32. The molecule has 0 saturated carbocycles. The SMILES string of the molecule is C=C[SiH](C)C.O. The Morgan fingerprint density at radius 1 is 1.50 bits per heavy atom. The second-order valence-electron chi connectivity index (χ2n) is 1.48. The zero-order valence-corrected chi connectivity index (χ0v) is 5.52. The molecule has 0 saturated heterocycles. The van der Waals surface area contributed by atoms with Crippen LogP contribution in [0.5, 0.6) is 0 Å². The molecular formula is C4H12OSi. The van der Waals surface area contributed by atoms with Crippen LogP contribution in [0.2, 0.25) is 13.1 Å². The summed E-state index contributed by atoms with van der Waals surface area (Å²) >= 11 is 0. The highest BCUT2D eigenvalue weighted by Crippen LogP contribution is 1.73. The fourth-order valence-electron chi connectivity index (χ4n) is 0. The highest BCUT2D eigenvalue weighted by Gasteiger charge is 1.77. The lowest BCUT2D eigenvalue weighted by Gasteiger charge is -1.81. The molecule has 0 aliphatic heterocycles. The highest BCUT2D eigenvalue weighted by molar-refractivity contribution is 6.61. The fourth-order valence-corrected chi connectivity index (χ4v) is 0. The van der Waals surface area contributed by atoms with Crippen molar-refractivity contribution in [1.82, 2.24) is 0 Å². The van der Waals surface area contributed by atoms with Crippen LogP contribution < -0.4 is 0 Å². The largest absolute Gasteiger partial charge is 0.412 e. The van der Waals surface area contributed by atoms with Crippen LogP contribution in [-0.2, 0) is 0 Å². The summed E-state index contributed by atoms with van der Waals surface area (Å²) in [5, 5.41) is 0. The van der Waals surface area contributed by atoms with Crippen LogP contribution in [0.3, 0.4) is 0 Å². The van der Waals surface area contributed by atoms with E-state index in [4.69, 9.17) is 0 Å². The van der Waals surface area contributed by atoms with E-state index in [0.717, 1.165) is 0 Å². The van der Waals surface area contributed by atoms with E-state index in [2.05, 4.69) is 25.4 Å². The van der Waals surface area contributed by atoms with Gasteiger partial charge in [0.05, 0.1) is 8.80 Å². The second kappa shape index (κ2) is 4.92. The van der Waals surface area contributed by atoms with E-state index in [1.54, 1.807) is 0 Å². The van der Waals surface area contributed by atoms with Gasteiger partial charge in [-0.1, -0.05) is 13.1 Å². The van der Waals surface area contributed by atoms with Crippen LogP contribution in [0.25, 0.3) is 0 Å². The summed E-state index contributed by atoms with van der Waals surface area (Å²) in [6, 6.07) is 0. The zero-order valence-electron chi connectivity index (χ0n) is 4.36. The fraction of sp³-hybridized carbons (Fsp3) is 0.500. The first-order valence-corrected chi connectivity index (χ1v) is 4.87. The second-order valence-corrected chi connectivity index (χ2v) is 4.44. The van der Waals surface area contributed by atoms with Crippen molar-refractivity contribution in [3.8, 4) is 0 Å².